The number of carbonyl (C=O) groups excluding carboxylic acids is 1. The Morgan fingerprint density at radius 2 is 1.65 bits per heavy atom. The summed E-state index contributed by atoms with van der Waals surface area (Å²) in [6.45, 7) is 5.99. The maximum atomic E-state index is 13.8. The molecule has 9 heteroatoms. The number of benzene rings is 3. The van der Waals surface area contributed by atoms with Crippen molar-refractivity contribution in [3.63, 3.8) is 0 Å². The lowest BCUT2D eigenvalue weighted by Gasteiger charge is -2.26. The van der Waals surface area contributed by atoms with E-state index in [0.717, 1.165) is 5.69 Å². The van der Waals surface area contributed by atoms with Crippen LogP contribution in [-0.2, 0) is 27.9 Å². The molecule has 198 valence electrons. The van der Waals surface area contributed by atoms with Crippen molar-refractivity contribution in [3.8, 4) is 0 Å². The minimum Gasteiger partial charge on any atom is -0.377 e. The number of nitrogens with zero attached hydrogens (tertiary/aromatic N) is 2. The lowest BCUT2D eigenvalue weighted by atomic mass is 9.92. The molecule has 3 aromatic rings. The molecule has 0 aliphatic rings. The van der Waals surface area contributed by atoms with Gasteiger partial charge in [0.2, 0.25) is 15.9 Å². The van der Waals surface area contributed by atoms with Gasteiger partial charge in [-0.25, -0.2) is 12.8 Å². The zero-order valence-corrected chi connectivity index (χ0v) is 23.3. The number of carbonyl (C=O) groups is 1. The van der Waals surface area contributed by atoms with E-state index in [0.29, 0.717) is 28.3 Å². The number of hydrogen-bond acceptors (Lipinski definition) is 4. The van der Waals surface area contributed by atoms with Crippen molar-refractivity contribution in [1.29, 1.82) is 0 Å². The second-order valence-corrected chi connectivity index (χ2v) is 12.8. The summed E-state index contributed by atoms with van der Waals surface area (Å²) in [5, 5.41) is 3.23. The first-order valence-corrected chi connectivity index (χ1v) is 13.7. The van der Waals surface area contributed by atoms with Crippen LogP contribution in [0.1, 0.15) is 38.3 Å². The Bertz CT molecular complexity index is 1350. The summed E-state index contributed by atoms with van der Waals surface area (Å²) >= 11 is 6.10. The lowest BCUT2D eigenvalue weighted by molar-refractivity contribution is -0.117. The minimum atomic E-state index is -3.98. The highest BCUT2D eigenvalue weighted by molar-refractivity contribution is 7.89. The highest BCUT2D eigenvalue weighted by Crippen LogP contribution is 2.29. The van der Waals surface area contributed by atoms with Crippen LogP contribution in [0.5, 0.6) is 0 Å². The van der Waals surface area contributed by atoms with Gasteiger partial charge in [-0.3, -0.25) is 4.79 Å². The van der Waals surface area contributed by atoms with Gasteiger partial charge < -0.3 is 10.2 Å². The van der Waals surface area contributed by atoms with Crippen LogP contribution in [0.4, 0.5) is 15.8 Å². The monoisotopic (exact) mass is 545 g/mol. The number of amides is 1. The second-order valence-electron chi connectivity index (χ2n) is 10.4. The van der Waals surface area contributed by atoms with Crippen LogP contribution in [0.3, 0.4) is 0 Å². The van der Waals surface area contributed by atoms with Crippen molar-refractivity contribution >= 4 is 38.9 Å². The summed E-state index contributed by atoms with van der Waals surface area (Å²) < 4.78 is 42.4. The molecule has 0 fully saturated rings. The standard InChI is InChI=1S/C28H33ClFN3O3S/c1-28(2,3)17-27(34)31-24-13-14-26(32(4)5)21(15-24)19-33(18-20-9-11-23(30)12-10-20)37(35,36)25-8-6-7-22(29)16-25/h6-16H,17-19H2,1-5H3,(H,31,34). The highest BCUT2D eigenvalue weighted by atomic mass is 35.5. The lowest BCUT2D eigenvalue weighted by Crippen LogP contribution is -2.31. The summed E-state index contributed by atoms with van der Waals surface area (Å²) in [5.74, 6) is -0.521. The van der Waals surface area contributed by atoms with Crippen molar-refractivity contribution in [2.45, 2.75) is 45.2 Å². The maximum Gasteiger partial charge on any atom is 0.243 e. The molecule has 3 rings (SSSR count). The van der Waals surface area contributed by atoms with Crippen molar-refractivity contribution in [2.75, 3.05) is 24.3 Å². The van der Waals surface area contributed by atoms with E-state index in [2.05, 4.69) is 5.32 Å². The maximum absolute atomic E-state index is 13.8. The van der Waals surface area contributed by atoms with Gasteiger partial charge >= 0.3 is 0 Å². The Hall–Kier alpha value is -2.94. The van der Waals surface area contributed by atoms with Crippen LogP contribution < -0.4 is 10.2 Å². The predicted molar refractivity (Wildman–Crippen MR) is 148 cm³/mol. The van der Waals surface area contributed by atoms with Gasteiger partial charge in [0.15, 0.2) is 0 Å². The van der Waals surface area contributed by atoms with Gasteiger partial charge in [-0.15, -0.1) is 0 Å². The average Bonchev–Trinajstić information content (AvgIpc) is 2.78. The third kappa shape index (κ3) is 8.02. The molecule has 37 heavy (non-hydrogen) atoms. The molecular formula is C28H33ClFN3O3S. The van der Waals surface area contributed by atoms with Gasteiger partial charge in [-0.2, -0.15) is 4.31 Å². The normalized spacial score (nSPS) is 12.0. The quantitative estimate of drug-likeness (QED) is 0.342. The summed E-state index contributed by atoms with van der Waals surface area (Å²) in [7, 11) is -0.248. The number of nitrogens with one attached hydrogen (secondary N) is 1. The fourth-order valence-electron chi connectivity index (χ4n) is 3.90. The van der Waals surface area contributed by atoms with Crippen LogP contribution in [0.25, 0.3) is 0 Å². The van der Waals surface area contributed by atoms with E-state index in [1.54, 1.807) is 36.4 Å². The van der Waals surface area contributed by atoms with Crippen LogP contribution in [0, 0.1) is 11.2 Å². The molecule has 0 radical (unpaired) electrons. The number of halogens is 2. The van der Waals surface area contributed by atoms with E-state index in [1.807, 2.05) is 45.8 Å². The Balaban J connectivity index is 2.03. The van der Waals surface area contributed by atoms with E-state index in [9.17, 15) is 17.6 Å². The van der Waals surface area contributed by atoms with E-state index in [4.69, 9.17) is 11.6 Å². The first kappa shape index (κ1) is 28.6. The Morgan fingerprint density at radius 3 is 2.24 bits per heavy atom. The Labute approximate surface area is 224 Å². The Morgan fingerprint density at radius 1 is 0.973 bits per heavy atom. The van der Waals surface area contributed by atoms with Crippen molar-refractivity contribution in [3.05, 3.63) is 88.7 Å². The topological polar surface area (TPSA) is 69.7 Å². The fraction of sp³-hybridized carbons (Fsp3) is 0.321. The smallest absolute Gasteiger partial charge is 0.243 e. The highest BCUT2D eigenvalue weighted by Gasteiger charge is 2.27. The average molecular weight is 546 g/mol. The third-order valence-electron chi connectivity index (χ3n) is 5.59. The first-order chi connectivity index (χ1) is 17.2. The number of anilines is 2. The summed E-state index contributed by atoms with van der Waals surface area (Å²) in [4.78, 5) is 14.5. The molecule has 0 unspecified atom stereocenters. The fourth-order valence-corrected chi connectivity index (χ4v) is 5.61. The van der Waals surface area contributed by atoms with Gasteiger partial charge in [0.05, 0.1) is 4.90 Å². The molecule has 0 atom stereocenters. The van der Waals surface area contributed by atoms with Crippen LogP contribution in [0.2, 0.25) is 5.02 Å². The third-order valence-corrected chi connectivity index (χ3v) is 7.61. The van der Waals surface area contributed by atoms with Crippen LogP contribution in [0.15, 0.2) is 71.6 Å². The van der Waals surface area contributed by atoms with E-state index < -0.39 is 15.8 Å². The molecule has 3 aromatic carbocycles. The number of hydrogen-bond donors (Lipinski definition) is 1. The van der Waals surface area contributed by atoms with Gasteiger partial charge in [-0.1, -0.05) is 50.6 Å². The van der Waals surface area contributed by atoms with Gasteiger partial charge in [0.1, 0.15) is 5.82 Å². The largest absolute Gasteiger partial charge is 0.377 e. The molecular weight excluding hydrogens is 513 g/mol. The summed E-state index contributed by atoms with van der Waals surface area (Å²) in [5.41, 5.74) is 2.54. The van der Waals surface area contributed by atoms with Crippen molar-refractivity contribution in [2.24, 2.45) is 5.41 Å². The summed E-state index contributed by atoms with van der Waals surface area (Å²) in [6, 6.07) is 17.3. The molecule has 1 N–H and O–H groups in total. The molecule has 0 saturated carbocycles. The zero-order valence-electron chi connectivity index (χ0n) is 21.8. The van der Waals surface area contributed by atoms with Crippen molar-refractivity contribution in [1.82, 2.24) is 4.31 Å². The van der Waals surface area contributed by atoms with E-state index >= 15 is 0 Å². The number of sulfonamides is 1. The molecule has 0 heterocycles. The Kier molecular flexibility index (Phi) is 9.00. The molecule has 0 spiro atoms. The number of rotatable bonds is 9. The molecule has 1 amide bonds. The molecule has 6 nitrogen and oxygen atoms in total. The van der Waals surface area contributed by atoms with Crippen LogP contribution in [-0.4, -0.2) is 32.7 Å². The first-order valence-electron chi connectivity index (χ1n) is 11.8. The van der Waals surface area contributed by atoms with E-state index in [-0.39, 0.29) is 29.3 Å². The molecule has 0 aromatic heterocycles. The molecule has 0 aliphatic carbocycles. The molecule has 0 saturated heterocycles. The van der Waals surface area contributed by atoms with Gasteiger partial charge in [0.25, 0.3) is 0 Å². The zero-order chi connectivity index (χ0) is 27.4. The predicted octanol–water partition coefficient (Wildman–Crippen LogP) is 6.31. The minimum absolute atomic E-state index is 0.0165. The van der Waals surface area contributed by atoms with Crippen molar-refractivity contribution < 1.29 is 17.6 Å². The van der Waals surface area contributed by atoms with Gasteiger partial charge in [-0.05, 0) is 65.1 Å². The SMILES string of the molecule is CN(C)c1ccc(NC(=O)CC(C)(C)C)cc1CN(Cc1ccc(F)cc1)S(=O)(=O)c1cccc(Cl)c1. The van der Waals surface area contributed by atoms with Crippen LogP contribution >= 0.6 is 11.6 Å². The second kappa shape index (κ2) is 11.6. The summed E-state index contributed by atoms with van der Waals surface area (Å²) in [6.07, 6.45) is 0.345. The van der Waals surface area contributed by atoms with Gasteiger partial charge in [0, 0.05) is 50.0 Å². The molecule has 0 aliphatic heterocycles. The van der Waals surface area contributed by atoms with E-state index in [1.165, 1.54) is 28.6 Å². The molecule has 0 bridgehead atoms.